The minimum absolute atomic E-state index is 0.0308. The van der Waals surface area contributed by atoms with Crippen molar-refractivity contribution in [3.8, 4) is 0 Å². The minimum atomic E-state index is -0.723. The van der Waals surface area contributed by atoms with Gasteiger partial charge in [0.05, 0.1) is 12.6 Å². The summed E-state index contributed by atoms with van der Waals surface area (Å²) in [7, 11) is 7.97. The number of benzene rings is 2. The van der Waals surface area contributed by atoms with Crippen LogP contribution in [0.2, 0.25) is 5.02 Å². The van der Waals surface area contributed by atoms with E-state index in [1.807, 2.05) is 72.4 Å². The maximum Gasteiger partial charge on any atom is 0.288 e. The number of rotatable bonds is 12. The number of hydrogen-bond acceptors (Lipinski definition) is 8. The van der Waals surface area contributed by atoms with Crippen molar-refractivity contribution in [1.29, 1.82) is 0 Å². The average molecular weight is 640 g/mol. The number of carbonyl (C=O) groups is 2. The van der Waals surface area contributed by atoms with Gasteiger partial charge in [0.2, 0.25) is 11.8 Å². The van der Waals surface area contributed by atoms with Gasteiger partial charge in [-0.05, 0) is 84.2 Å². The van der Waals surface area contributed by atoms with Crippen molar-refractivity contribution in [2.24, 2.45) is 10.7 Å². The van der Waals surface area contributed by atoms with Gasteiger partial charge in [0.15, 0.2) is 6.10 Å². The molecular weight excluding hydrogens is 590 g/mol. The zero-order chi connectivity index (χ0) is 32.7. The first-order valence-corrected chi connectivity index (χ1v) is 16.2. The van der Waals surface area contributed by atoms with Crippen molar-refractivity contribution in [2.45, 2.75) is 69.9 Å². The Morgan fingerprint density at radius 1 is 1.11 bits per heavy atom. The molecule has 10 nitrogen and oxygen atoms in total. The van der Waals surface area contributed by atoms with E-state index in [9.17, 15) is 9.59 Å². The number of piperazine rings is 1. The molecule has 11 heteroatoms. The van der Waals surface area contributed by atoms with Gasteiger partial charge < -0.3 is 30.5 Å². The topological polar surface area (TPSA) is 107 Å². The third kappa shape index (κ3) is 8.76. The Kier molecular flexibility index (Phi) is 11.9. The van der Waals surface area contributed by atoms with Gasteiger partial charge in [0.25, 0.3) is 6.02 Å². The van der Waals surface area contributed by atoms with Gasteiger partial charge >= 0.3 is 0 Å². The van der Waals surface area contributed by atoms with Crippen molar-refractivity contribution in [3.63, 3.8) is 0 Å². The number of halogens is 1. The zero-order valence-corrected chi connectivity index (χ0v) is 28.4. The highest BCUT2D eigenvalue weighted by Gasteiger charge is 2.45. The van der Waals surface area contributed by atoms with Crippen LogP contribution < -0.4 is 11.1 Å². The van der Waals surface area contributed by atoms with Crippen LogP contribution in [0.1, 0.15) is 55.9 Å². The summed E-state index contributed by atoms with van der Waals surface area (Å²) in [6.07, 6.45) is 2.40. The number of amides is 2. The van der Waals surface area contributed by atoms with Crippen LogP contribution in [0, 0.1) is 0 Å². The van der Waals surface area contributed by atoms with E-state index in [1.165, 1.54) is 0 Å². The van der Waals surface area contributed by atoms with Crippen molar-refractivity contribution >= 4 is 29.4 Å². The van der Waals surface area contributed by atoms with Crippen LogP contribution in [0.25, 0.3) is 0 Å². The lowest BCUT2D eigenvalue weighted by atomic mass is 9.93. The minimum Gasteiger partial charge on any atom is -0.454 e. The summed E-state index contributed by atoms with van der Waals surface area (Å²) in [5, 5.41) is 3.63. The molecule has 2 aliphatic rings. The molecule has 0 aromatic heterocycles. The van der Waals surface area contributed by atoms with Crippen molar-refractivity contribution in [1.82, 2.24) is 24.9 Å². The molecule has 1 unspecified atom stereocenters. The van der Waals surface area contributed by atoms with E-state index in [0.717, 1.165) is 42.5 Å². The fourth-order valence-corrected chi connectivity index (χ4v) is 6.29. The summed E-state index contributed by atoms with van der Waals surface area (Å²) < 4.78 is 6.46. The number of aliphatic imine (C=N–C) groups is 1. The van der Waals surface area contributed by atoms with Crippen molar-refractivity contribution in [3.05, 3.63) is 70.2 Å². The highest BCUT2D eigenvalue weighted by molar-refractivity contribution is 6.31. The fraction of sp³-hybridized carbons (Fsp3) is 0.559. The smallest absolute Gasteiger partial charge is 0.288 e. The number of ether oxygens (including phenoxy) is 1. The Balaban J connectivity index is 1.53. The third-order valence-electron chi connectivity index (χ3n) is 8.63. The molecule has 3 atom stereocenters. The molecule has 45 heavy (non-hydrogen) atoms. The van der Waals surface area contributed by atoms with E-state index in [2.05, 4.69) is 38.2 Å². The molecule has 2 heterocycles. The molecule has 1 fully saturated rings. The highest BCUT2D eigenvalue weighted by atomic mass is 35.5. The van der Waals surface area contributed by atoms with E-state index in [1.54, 1.807) is 4.90 Å². The van der Waals surface area contributed by atoms with E-state index >= 15 is 0 Å². The molecule has 246 valence electrons. The van der Waals surface area contributed by atoms with Gasteiger partial charge in [-0.1, -0.05) is 60.5 Å². The highest BCUT2D eigenvalue weighted by Crippen LogP contribution is 2.38. The first-order valence-electron chi connectivity index (χ1n) is 15.8. The molecule has 1 saturated heterocycles. The molecule has 3 N–H and O–H groups in total. The second-order valence-corrected chi connectivity index (χ2v) is 13.5. The standard InChI is InChI=1S/C34H50ClN7O3/c1-34(2)30(25-12-8-7-9-13-25)45-33(38-34)41-18-19-42(32(44)28(40(5)6)14-10-11-17-39(3)4)29(23-41)31(43)37-22-24-15-16-26(21-36)27(35)20-24/h7-9,12-13,15-16,20,28-30H,10-11,14,17-19,21-23,36H2,1-6H3,(H,37,43)/t28-,29+,30?/m1/s1. The van der Waals surface area contributed by atoms with Crippen molar-refractivity contribution < 1.29 is 14.3 Å². The molecule has 0 saturated carbocycles. The lowest BCUT2D eigenvalue weighted by Crippen LogP contribution is -2.64. The van der Waals surface area contributed by atoms with Crippen LogP contribution in [0.4, 0.5) is 0 Å². The van der Waals surface area contributed by atoms with Gasteiger partial charge in [-0.15, -0.1) is 0 Å². The molecule has 2 amide bonds. The number of amidine groups is 1. The number of nitrogens with one attached hydrogen (secondary N) is 1. The lowest BCUT2D eigenvalue weighted by Gasteiger charge is -2.42. The fourth-order valence-electron chi connectivity index (χ4n) is 6.01. The van der Waals surface area contributed by atoms with Gasteiger partial charge in [-0.2, -0.15) is 0 Å². The molecule has 0 spiro atoms. The van der Waals surface area contributed by atoms with E-state index < -0.39 is 11.6 Å². The normalized spacial score (nSPS) is 20.3. The molecule has 4 rings (SSSR count). The van der Waals surface area contributed by atoms with Crippen LogP contribution in [0.15, 0.2) is 53.5 Å². The Morgan fingerprint density at radius 3 is 2.49 bits per heavy atom. The first-order chi connectivity index (χ1) is 21.4. The van der Waals surface area contributed by atoms with Crippen molar-refractivity contribution in [2.75, 3.05) is 54.4 Å². The summed E-state index contributed by atoms with van der Waals surface area (Å²) in [5.41, 5.74) is 8.03. The number of nitrogens with two attached hydrogens (primary N) is 1. The quantitative estimate of drug-likeness (QED) is 0.343. The molecule has 2 aliphatic heterocycles. The molecule has 0 bridgehead atoms. The predicted molar refractivity (Wildman–Crippen MR) is 180 cm³/mol. The first kappa shape index (κ1) is 34.7. The maximum absolute atomic E-state index is 14.1. The Hall–Kier alpha value is -3.18. The molecular formula is C34H50ClN7O3. The summed E-state index contributed by atoms with van der Waals surface area (Å²) in [6, 6.07) is 15.1. The Labute approximate surface area is 273 Å². The predicted octanol–water partition coefficient (Wildman–Crippen LogP) is 3.50. The third-order valence-corrected chi connectivity index (χ3v) is 8.98. The molecule has 0 radical (unpaired) electrons. The van der Waals surface area contributed by atoms with Crippen LogP contribution in [0.5, 0.6) is 0 Å². The van der Waals surface area contributed by atoms with Crippen LogP contribution in [-0.2, 0) is 27.4 Å². The number of nitrogens with zero attached hydrogens (tertiary/aromatic N) is 5. The number of unbranched alkanes of at least 4 members (excludes halogenated alkanes) is 1. The number of likely N-dealkylation sites (N-methyl/N-ethyl adjacent to an activating group) is 1. The second kappa shape index (κ2) is 15.4. The summed E-state index contributed by atoms with van der Waals surface area (Å²) >= 11 is 6.38. The van der Waals surface area contributed by atoms with E-state index in [-0.39, 0.29) is 37.0 Å². The van der Waals surface area contributed by atoms with Gasteiger partial charge in [-0.25, -0.2) is 4.99 Å². The largest absolute Gasteiger partial charge is 0.454 e. The molecule has 2 aromatic rings. The Bertz CT molecular complexity index is 1330. The number of hydrogen-bond donors (Lipinski definition) is 2. The Morgan fingerprint density at radius 2 is 1.84 bits per heavy atom. The van der Waals surface area contributed by atoms with Gasteiger partial charge in [0, 0.05) is 31.2 Å². The van der Waals surface area contributed by atoms with Gasteiger partial charge in [0.1, 0.15) is 11.6 Å². The SMILES string of the molecule is CN(C)CCCC[C@H](C(=O)N1CCN(C2=NC(C)(C)C(c3ccccc3)O2)C[C@H]1C(=O)NCc1ccc(CN)c(Cl)c1)N(C)C. The van der Waals surface area contributed by atoms with Gasteiger partial charge in [-0.3, -0.25) is 14.5 Å². The van der Waals surface area contributed by atoms with Crippen LogP contribution in [-0.4, -0.2) is 109 Å². The summed E-state index contributed by atoms with van der Waals surface area (Å²) in [6.45, 7) is 6.89. The van der Waals surface area contributed by atoms with Crippen LogP contribution >= 0.6 is 11.6 Å². The maximum atomic E-state index is 14.1. The summed E-state index contributed by atoms with van der Waals surface area (Å²) in [4.78, 5) is 40.9. The van der Waals surface area contributed by atoms with Crippen LogP contribution in [0.3, 0.4) is 0 Å². The van der Waals surface area contributed by atoms with E-state index in [4.69, 9.17) is 27.1 Å². The average Bonchev–Trinajstić information content (AvgIpc) is 3.34. The zero-order valence-electron chi connectivity index (χ0n) is 27.6. The second-order valence-electron chi connectivity index (χ2n) is 13.1. The lowest BCUT2D eigenvalue weighted by molar-refractivity contribution is -0.147. The summed E-state index contributed by atoms with van der Waals surface area (Å²) in [5.74, 6) is -0.258. The molecule has 0 aliphatic carbocycles. The van der Waals surface area contributed by atoms with E-state index in [0.29, 0.717) is 30.7 Å². The molecule has 2 aromatic carbocycles. The monoisotopic (exact) mass is 639 g/mol. The number of carbonyl (C=O) groups excluding carboxylic acids is 2.